The van der Waals surface area contributed by atoms with E-state index in [-0.39, 0.29) is 29.5 Å². The number of benzene rings is 2. The van der Waals surface area contributed by atoms with E-state index in [0.29, 0.717) is 5.56 Å². The third-order valence-electron chi connectivity index (χ3n) is 7.64. The molecule has 0 aliphatic carbocycles. The molecule has 5 nitrogen and oxygen atoms in total. The van der Waals surface area contributed by atoms with Crippen LogP contribution in [0.3, 0.4) is 0 Å². The van der Waals surface area contributed by atoms with Gasteiger partial charge in [-0.3, -0.25) is 9.59 Å². The fourth-order valence-electron chi connectivity index (χ4n) is 5.58. The molecule has 2 aliphatic rings. The van der Waals surface area contributed by atoms with Crippen LogP contribution < -0.4 is 0 Å². The van der Waals surface area contributed by atoms with Crippen LogP contribution in [-0.4, -0.2) is 58.3 Å². The standard InChI is InChI=1S/C28H32FN3O2/c1-30-15-10-22-19-23(6-9-26(22)30)28(34)32-14-2-3-25(32)13-18-31-16-11-21(12-17-31)27(33)20-4-7-24(29)8-5-20/h4-10,15,19,21,25H,2-3,11-14,16-18H2,1H3/t25-/m0/s1. The highest BCUT2D eigenvalue weighted by Crippen LogP contribution is 2.27. The maximum Gasteiger partial charge on any atom is 0.254 e. The first-order valence-electron chi connectivity index (χ1n) is 12.4. The fourth-order valence-corrected chi connectivity index (χ4v) is 5.58. The lowest BCUT2D eigenvalue weighted by Gasteiger charge is -2.33. The van der Waals surface area contributed by atoms with E-state index in [1.807, 2.05) is 31.4 Å². The number of likely N-dealkylation sites (tertiary alicyclic amines) is 2. The Morgan fingerprint density at radius 3 is 2.44 bits per heavy atom. The van der Waals surface area contributed by atoms with Crippen LogP contribution in [0.25, 0.3) is 10.9 Å². The molecule has 1 amide bonds. The third kappa shape index (κ3) is 4.64. The minimum Gasteiger partial charge on any atom is -0.351 e. The van der Waals surface area contributed by atoms with Gasteiger partial charge in [-0.2, -0.15) is 0 Å². The summed E-state index contributed by atoms with van der Waals surface area (Å²) in [5.74, 6) is -0.0370. The molecule has 0 saturated carbocycles. The second-order valence-electron chi connectivity index (χ2n) is 9.77. The summed E-state index contributed by atoms with van der Waals surface area (Å²) in [6.45, 7) is 3.56. The van der Waals surface area contributed by atoms with Gasteiger partial charge in [0.05, 0.1) is 0 Å². The molecule has 2 aliphatic heterocycles. The molecule has 5 rings (SSSR count). The predicted octanol–water partition coefficient (Wildman–Crippen LogP) is 4.91. The van der Waals surface area contributed by atoms with Gasteiger partial charge < -0.3 is 14.4 Å². The van der Waals surface area contributed by atoms with Crippen molar-refractivity contribution >= 4 is 22.6 Å². The summed E-state index contributed by atoms with van der Waals surface area (Å²) >= 11 is 0. The van der Waals surface area contributed by atoms with Crippen molar-refractivity contribution in [2.24, 2.45) is 13.0 Å². The van der Waals surface area contributed by atoms with Crippen molar-refractivity contribution in [1.29, 1.82) is 0 Å². The van der Waals surface area contributed by atoms with Crippen molar-refractivity contribution in [2.75, 3.05) is 26.2 Å². The zero-order chi connectivity index (χ0) is 23.7. The highest BCUT2D eigenvalue weighted by Gasteiger charge is 2.31. The predicted molar refractivity (Wildman–Crippen MR) is 131 cm³/mol. The number of aromatic nitrogens is 1. The summed E-state index contributed by atoms with van der Waals surface area (Å²) in [4.78, 5) is 30.5. The van der Waals surface area contributed by atoms with E-state index in [4.69, 9.17) is 0 Å². The van der Waals surface area contributed by atoms with Gasteiger partial charge in [0.2, 0.25) is 0 Å². The van der Waals surface area contributed by atoms with Crippen molar-refractivity contribution in [3.63, 3.8) is 0 Å². The summed E-state index contributed by atoms with van der Waals surface area (Å²) in [5, 5.41) is 1.10. The first-order chi connectivity index (χ1) is 16.5. The van der Waals surface area contributed by atoms with Crippen LogP contribution in [-0.2, 0) is 7.05 Å². The number of piperidine rings is 1. The third-order valence-corrected chi connectivity index (χ3v) is 7.64. The summed E-state index contributed by atoms with van der Waals surface area (Å²) in [6, 6.07) is 14.2. The first-order valence-corrected chi connectivity index (χ1v) is 12.4. The minimum absolute atomic E-state index is 0.0131. The van der Waals surface area contributed by atoms with E-state index in [2.05, 4.69) is 20.4 Å². The molecule has 0 bridgehead atoms. The number of hydrogen-bond acceptors (Lipinski definition) is 3. The molecule has 2 saturated heterocycles. The number of rotatable bonds is 6. The van der Waals surface area contributed by atoms with Crippen LogP contribution in [0.2, 0.25) is 0 Å². The largest absolute Gasteiger partial charge is 0.351 e. The molecule has 2 fully saturated rings. The van der Waals surface area contributed by atoms with Crippen LogP contribution in [0.4, 0.5) is 4.39 Å². The average molecular weight is 462 g/mol. The number of Topliss-reactive ketones (excluding diaryl/α,β-unsaturated/α-hetero) is 1. The molecule has 2 aromatic carbocycles. The average Bonchev–Trinajstić information content (AvgIpc) is 3.49. The number of nitrogens with zero attached hydrogens (tertiary/aromatic N) is 3. The summed E-state index contributed by atoms with van der Waals surface area (Å²) in [5.41, 5.74) is 2.51. The minimum atomic E-state index is -0.313. The normalized spacial score (nSPS) is 19.7. The highest BCUT2D eigenvalue weighted by molar-refractivity contribution is 5.99. The van der Waals surface area contributed by atoms with Gasteiger partial charge in [-0.15, -0.1) is 0 Å². The van der Waals surface area contributed by atoms with Gasteiger partial charge in [-0.1, -0.05) is 0 Å². The maximum atomic E-state index is 13.3. The van der Waals surface area contributed by atoms with Crippen LogP contribution >= 0.6 is 0 Å². The summed E-state index contributed by atoms with van der Waals surface area (Å²) in [6.07, 6.45) is 6.77. The van der Waals surface area contributed by atoms with Crippen LogP contribution in [0.15, 0.2) is 54.7 Å². The van der Waals surface area contributed by atoms with E-state index in [0.717, 1.165) is 74.7 Å². The number of amides is 1. The number of aryl methyl sites for hydroxylation is 1. The molecule has 178 valence electrons. The van der Waals surface area contributed by atoms with Gasteiger partial charge in [0, 0.05) is 60.3 Å². The van der Waals surface area contributed by atoms with Crippen LogP contribution in [0, 0.1) is 11.7 Å². The van der Waals surface area contributed by atoms with E-state index >= 15 is 0 Å². The number of fused-ring (bicyclic) bond motifs is 1. The van der Waals surface area contributed by atoms with Crippen molar-refractivity contribution < 1.29 is 14.0 Å². The Labute approximate surface area is 200 Å². The van der Waals surface area contributed by atoms with Gasteiger partial charge in [0.25, 0.3) is 5.91 Å². The van der Waals surface area contributed by atoms with Crippen molar-refractivity contribution in [1.82, 2.24) is 14.4 Å². The highest BCUT2D eigenvalue weighted by atomic mass is 19.1. The molecule has 0 N–H and O–H groups in total. The number of halogens is 1. The monoisotopic (exact) mass is 461 g/mol. The Hall–Kier alpha value is -2.99. The van der Waals surface area contributed by atoms with E-state index < -0.39 is 0 Å². The number of hydrogen-bond donors (Lipinski definition) is 0. The Morgan fingerprint density at radius 2 is 1.68 bits per heavy atom. The zero-order valence-corrected chi connectivity index (χ0v) is 19.8. The molecule has 0 radical (unpaired) electrons. The van der Waals surface area contributed by atoms with Gasteiger partial charge in [0.1, 0.15) is 5.82 Å². The molecule has 3 aromatic rings. The second kappa shape index (κ2) is 9.71. The van der Waals surface area contributed by atoms with Crippen molar-refractivity contribution in [3.8, 4) is 0 Å². The number of ketones is 1. The van der Waals surface area contributed by atoms with Crippen molar-refractivity contribution in [3.05, 3.63) is 71.7 Å². The topological polar surface area (TPSA) is 45.6 Å². The molecule has 3 heterocycles. The molecule has 0 spiro atoms. The summed E-state index contributed by atoms with van der Waals surface area (Å²) in [7, 11) is 2.02. The Bertz CT molecular complexity index is 1180. The van der Waals surface area contributed by atoms with Gasteiger partial charge in [0.15, 0.2) is 5.78 Å². The van der Waals surface area contributed by atoms with Crippen molar-refractivity contribution in [2.45, 2.75) is 38.1 Å². The molecular weight excluding hydrogens is 429 g/mol. The number of carbonyl (C=O) groups is 2. The molecule has 6 heteroatoms. The Kier molecular flexibility index (Phi) is 6.50. The SMILES string of the molecule is Cn1ccc2cc(C(=O)N3CCC[C@H]3CCN3CCC(C(=O)c4ccc(F)cc4)CC3)ccc21. The van der Waals surface area contributed by atoms with Gasteiger partial charge in [-0.05, 0) is 93.7 Å². The second-order valence-corrected chi connectivity index (χ2v) is 9.77. The summed E-state index contributed by atoms with van der Waals surface area (Å²) < 4.78 is 15.2. The number of carbonyl (C=O) groups excluding carboxylic acids is 2. The quantitative estimate of drug-likeness (QED) is 0.490. The van der Waals surface area contributed by atoms with E-state index in [1.54, 1.807) is 12.1 Å². The molecule has 1 atom stereocenters. The van der Waals surface area contributed by atoms with E-state index in [1.165, 1.54) is 12.1 Å². The zero-order valence-electron chi connectivity index (χ0n) is 19.8. The molecule has 0 unspecified atom stereocenters. The molecule has 34 heavy (non-hydrogen) atoms. The lowest BCUT2D eigenvalue weighted by molar-refractivity contribution is 0.0704. The molecular formula is C28H32FN3O2. The smallest absolute Gasteiger partial charge is 0.254 e. The lowest BCUT2D eigenvalue weighted by Crippen LogP contribution is -2.41. The Morgan fingerprint density at radius 1 is 0.941 bits per heavy atom. The van der Waals surface area contributed by atoms with Gasteiger partial charge >= 0.3 is 0 Å². The van der Waals surface area contributed by atoms with E-state index in [9.17, 15) is 14.0 Å². The molecule has 1 aromatic heterocycles. The lowest BCUT2D eigenvalue weighted by atomic mass is 9.88. The Balaban J connectivity index is 1.14. The van der Waals surface area contributed by atoms with Gasteiger partial charge in [-0.25, -0.2) is 4.39 Å². The van der Waals surface area contributed by atoms with Crippen LogP contribution in [0.5, 0.6) is 0 Å². The van der Waals surface area contributed by atoms with Crippen LogP contribution in [0.1, 0.15) is 52.8 Å². The first kappa shape index (κ1) is 22.8. The maximum absolute atomic E-state index is 13.3. The fraction of sp³-hybridized carbons (Fsp3) is 0.429.